The van der Waals surface area contributed by atoms with Crippen molar-refractivity contribution in [2.45, 2.75) is 114 Å². The zero-order valence-corrected chi connectivity index (χ0v) is 25.7. The molecule has 1 saturated carbocycles. The number of aliphatic hydroxyl groups is 1. The first-order chi connectivity index (χ1) is 20.3. The van der Waals surface area contributed by atoms with Gasteiger partial charge in [0.2, 0.25) is 0 Å². The van der Waals surface area contributed by atoms with E-state index in [1.54, 1.807) is 0 Å². The zero-order chi connectivity index (χ0) is 29.5. The highest BCUT2D eigenvalue weighted by Crippen LogP contribution is 2.66. The molecule has 226 valence electrons. The summed E-state index contributed by atoms with van der Waals surface area (Å²) in [6, 6.07) is 15.3. The molecule has 2 heterocycles. The minimum Gasteiger partial charge on any atom is -0.483 e. The highest BCUT2D eigenvalue weighted by atomic mass is 16.6. The summed E-state index contributed by atoms with van der Waals surface area (Å²) in [6.45, 7) is 12.7. The van der Waals surface area contributed by atoms with Crippen LogP contribution in [0.15, 0.2) is 55.1 Å². The van der Waals surface area contributed by atoms with E-state index in [1.807, 2.05) is 12.1 Å². The number of aryl methyl sites for hydroxylation is 1. The van der Waals surface area contributed by atoms with Crippen molar-refractivity contribution in [3.05, 3.63) is 71.8 Å². The smallest absolute Gasteiger partial charge is 0.308 e. The van der Waals surface area contributed by atoms with Crippen LogP contribution in [0.5, 0.6) is 11.5 Å². The molecule has 6 heteroatoms. The van der Waals surface area contributed by atoms with Crippen LogP contribution in [0.25, 0.3) is 0 Å². The monoisotopic (exact) mass is 572 g/mol. The van der Waals surface area contributed by atoms with Crippen molar-refractivity contribution in [2.75, 3.05) is 19.6 Å². The fraction of sp³-hybridized carbons (Fsp3) is 0.583. The number of ether oxygens (including phenoxy) is 2. The lowest BCUT2D eigenvalue weighted by Gasteiger charge is -2.65. The van der Waals surface area contributed by atoms with Gasteiger partial charge in [-0.05, 0) is 89.1 Å². The van der Waals surface area contributed by atoms with E-state index in [0.717, 1.165) is 63.7 Å². The Balaban J connectivity index is 1.26. The fourth-order valence-electron chi connectivity index (χ4n) is 8.98. The van der Waals surface area contributed by atoms with Crippen molar-refractivity contribution in [3.8, 4) is 11.5 Å². The summed E-state index contributed by atoms with van der Waals surface area (Å²) in [5.41, 5.74) is 2.34. The zero-order valence-electron chi connectivity index (χ0n) is 25.7. The number of esters is 1. The largest absolute Gasteiger partial charge is 0.483 e. The molecule has 6 rings (SSSR count). The lowest BCUT2D eigenvalue weighted by Crippen LogP contribution is -2.78. The molecule has 0 amide bonds. The molecular weight excluding hydrogens is 524 g/mol. The molecule has 0 unspecified atom stereocenters. The third-order valence-corrected chi connectivity index (χ3v) is 10.7. The summed E-state index contributed by atoms with van der Waals surface area (Å²) in [5.74, 6) is 0.838. The summed E-state index contributed by atoms with van der Waals surface area (Å²) in [4.78, 5) is 17.1. The molecule has 2 aliphatic carbocycles. The molecule has 2 fully saturated rings. The van der Waals surface area contributed by atoms with E-state index in [9.17, 15) is 9.90 Å². The highest BCUT2D eigenvalue weighted by molar-refractivity contribution is 5.72. The predicted molar refractivity (Wildman–Crippen MR) is 166 cm³/mol. The van der Waals surface area contributed by atoms with E-state index in [4.69, 9.17) is 9.47 Å². The molecule has 5 atom stereocenters. The van der Waals surface area contributed by atoms with E-state index in [-0.39, 0.29) is 24.2 Å². The van der Waals surface area contributed by atoms with Gasteiger partial charge in [0.15, 0.2) is 11.5 Å². The van der Waals surface area contributed by atoms with Crippen molar-refractivity contribution in [1.29, 1.82) is 0 Å². The number of rotatable bonds is 12. The molecule has 1 N–H and O–H groups in total. The second-order valence-corrected chi connectivity index (χ2v) is 13.3. The molecule has 2 aliphatic heterocycles. The maximum absolute atomic E-state index is 12.8. The number of benzene rings is 2. The van der Waals surface area contributed by atoms with Gasteiger partial charge < -0.3 is 14.6 Å². The Hall–Kier alpha value is -2.67. The average molecular weight is 573 g/mol. The topological polar surface area (TPSA) is 62.2 Å². The van der Waals surface area contributed by atoms with Crippen LogP contribution >= 0.6 is 0 Å². The van der Waals surface area contributed by atoms with E-state index in [0.29, 0.717) is 17.5 Å². The van der Waals surface area contributed by atoms with Crippen LogP contribution in [0.1, 0.15) is 82.4 Å². The molecule has 0 aromatic heterocycles. The van der Waals surface area contributed by atoms with Crippen molar-refractivity contribution >= 4 is 5.97 Å². The number of hydrogen-bond donors (Lipinski definition) is 1. The highest BCUT2D eigenvalue weighted by Gasteiger charge is 2.73. The van der Waals surface area contributed by atoms with Gasteiger partial charge in [-0.1, -0.05) is 55.3 Å². The summed E-state index contributed by atoms with van der Waals surface area (Å²) in [5, 5.41) is 12.8. The normalized spacial score (nSPS) is 29.3. The molecule has 6 nitrogen and oxygen atoms in total. The standard InChI is InChI=1S/C36H48N2O4/c1-5-21-37-23-20-35-32-28-16-17-30(41-26(4)39)33(32)42-34(35)29(18-19-36(35,40)31(37)24-28)38(25(2)3)22-12-7-6-9-13-27-14-10-8-11-15-27/h5,8,10-11,14-17,25,29,31,34,40H,1,6-7,9,12-13,18-24H2,2-4H3/t29-,31+,34-,35-,36+/m0/s1. The summed E-state index contributed by atoms with van der Waals surface area (Å²) in [7, 11) is 0. The number of unbranched alkanes of at least 4 members (excludes halogenated alkanes) is 3. The molecule has 2 aromatic rings. The number of carbonyl (C=O) groups excluding carboxylic acids is 1. The van der Waals surface area contributed by atoms with Crippen molar-refractivity contribution in [2.24, 2.45) is 0 Å². The van der Waals surface area contributed by atoms with Gasteiger partial charge in [-0.15, -0.1) is 6.58 Å². The number of likely N-dealkylation sites (tertiary alicyclic amines) is 1. The minimum atomic E-state index is -0.900. The summed E-state index contributed by atoms with van der Waals surface area (Å²) in [6.07, 6.45) is 11.0. The number of carbonyl (C=O) groups is 1. The molecule has 42 heavy (non-hydrogen) atoms. The summed E-state index contributed by atoms with van der Waals surface area (Å²) >= 11 is 0. The van der Waals surface area contributed by atoms with Crippen LogP contribution in [-0.2, 0) is 23.1 Å². The number of piperidine rings is 1. The lowest BCUT2D eigenvalue weighted by molar-refractivity contribution is -0.200. The molecule has 4 aliphatic rings. The van der Waals surface area contributed by atoms with Gasteiger partial charge in [-0.2, -0.15) is 0 Å². The van der Waals surface area contributed by atoms with E-state index in [2.05, 4.69) is 66.6 Å². The quantitative estimate of drug-likeness (QED) is 0.149. The molecular formula is C36H48N2O4. The van der Waals surface area contributed by atoms with E-state index < -0.39 is 11.0 Å². The lowest BCUT2D eigenvalue weighted by atomic mass is 9.48. The van der Waals surface area contributed by atoms with Gasteiger partial charge in [-0.25, -0.2) is 0 Å². The van der Waals surface area contributed by atoms with Crippen LogP contribution in [0.3, 0.4) is 0 Å². The SMILES string of the molecule is C=CCN1CC[C@]23c4c5ccc(OC(C)=O)c4O[C@H]2[C@@H](N(CCCCCCc2ccccc2)C(C)C)CC[C@@]3(O)[C@H]1C5. The van der Waals surface area contributed by atoms with Gasteiger partial charge in [-0.3, -0.25) is 14.6 Å². The number of nitrogens with zero attached hydrogens (tertiary/aromatic N) is 2. The van der Waals surface area contributed by atoms with Crippen LogP contribution < -0.4 is 9.47 Å². The van der Waals surface area contributed by atoms with Crippen LogP contribution in [0.2, 0.25) is 0 Å². The first kappa shape index (κ1) is 29.4. The van der Waals surface area contributed by atoms with Gasteiger partial charge in [0.25, 0.3) is 0 Å². The number of hydrogen-bond acceptors (Lipinski definition) is 6. The molecule has 1 saturated heterocycles. The second kappa shape index (κ2) is 11.8. The average Bonchev–Trinajstić information content (AvgIpc) is 3.32. The molecule has 2 bridgehead atoms. The second-order valence-electron chi connectivity index (χ2n) is 13.3. The third kappa shape index (κ3) is 4.80. The van der Waals surface area contributed by atoms with Crippen molar-refractivity contribution < 1.29 is 19.4 Å². The maximum atomic E-state index is 12.8. The Labute approximate surface area is 251 Å². The molecule has 2 aromatic carbocycles. The van der Waals surface area contributed by atoms with E-state index in [1.165, 1.54) is 37.3 Å². The van der Waals surface area contributed by atoms with Crippen LogP contribution in [0, 0.1) is 0 Å². The Bertz CT molecular complexity index is 1290. The predicted octanol–water partition coefficient (Wildman–Crippen LogP) is 5.83. The Morgan fingerprint density at radius 2 is 1.95 bits per heavy atom. The van der Waals surface area contributed by atoms with Crippen LogP contribution in [0.4, 0.5) is 0 Å². The maximum Gasteiger partial charge on any atom is 0.308 e. The Kier molecular flexibility index (Phi) is 8.25. The third-order valence-electron chi connectivity index (χ3n) is 10.7. The molecule has 1 spiro atoms. The first-order valence-electron chi connectivity index (χ1n) is 16.2. The molecule has 0 radical (unpaired) electrons. The van der Waals surface area contributed by atoms with E-state index >= 15 is 0 Å². The van der Waals surface area contributed by atoms with Crippen molar-refractivity contribution in [3.63, 3.8) is 0 Å². The Morgan fingerprint density at radius 1 is 1.17 bits per heavy atom. The van der Waals surface area contributed by atoms with Gasteiger partial charge in [0.1, 0.15) is 6.10 Å². The minimum absolute atomic E-state index is 0.0199. The summed E-state index contributed by atoms with van der Waals surface area (Å²) < 4.78 is 12.7. The first-order valence-corrected chi connectivity index (χ1v) is 16.2. The van der Waals surface area contributed by atoms with Gasteiger partial charge in [0.05, 0.1) is 11.0 Å². The van der Waals surface area contributed by atoms with Crippen LogP contribution in [-0.4, -0.2) is 70.3 Å². The van der Waals surface area contributed by atoms with Gasteiger partial charge in [0, 0.05) is 37.2 Å². The van der Waals surface area contributed by atoms with Crippen molar-refractivity contribution in [1.82, 2.24) is 9.80 Å². The fourth-order valence-corrected chi connectivity index (χ4v) is 8.98. The Morgan fingerprint density at radius 3 is 2.69 bits per heavy atom. The van der Waals surface area contributed by atoms with Gasteiger partial charge >= 0.3 is 5.97 Å².